The Morgan fingerprint density at radius 2 is 1.74 bits per heavy atom. The number of rotatable bonds is 9. The Morgan fingerprint density at radius 3 is 2.47 bits per heavy atom. The first-order valence-corrected chi connectivity index (χ1v) is 12.9. The topological polar surface area (TPSA) is 80.5 Å². The highest BCUT2D eigenvalue weighted by molar-refractivity contribution is 5.78. The third-order valence-electron chi connectivity index (χ3n) is 6.88. The molecule has 1 aliphatic heterocycles. The van der Waals surface area contributed by atoms with Gasteiger partial charge in [-0.3, -0.25) is 9.69 Å². The van der Waals surface area contributed by atoms with Crippen LogP contribution in [0.5, 0.6) is 5.75 Å². The molecule has 1 N–H and O–H groups in total. The SMILES string of the molecule is Cc1ccccc1-c1noc(CN2CCC(C(=O)NCc3ccc(OCc4ccc(F)cc4)cc3)CC2)n1. The van der Waals surface area contributed by atoms with Crippen molar-refractivity contribution in [3.8, 4) is 17.1 Å². The molecule has 1 saturated heterocycles. The molecule has 3 aromatic carbocycles. The largest absolute Gasteiger partial charge is 0.489 e. The summed E-state index contributed by atoms with van der Waals surface area (Å²) in [6, 6.07) is 21.9. The minimum absolute atomic E-state index is 0.00483. The van der Waals surface area contributed by atoms with Crippen molar-refractivity contribution < 1.29 is 18.4 Å². The zero-order valence-corrected chi connectivity index (χ0v) is 21.4. The summed E-state index contributed by atoms with van der Waals surface area (Å²) in [5, 5.41) is 7.21. The fourth-order valence-electron chi connectivity index (χ4n) is 4.58. The number of carbonyl (C=O) groups is 1. The van der Waals surface area contributed by atoms with Crippen LogP contribution in [-0.2, 0) is 24.5 Å². The van der Waals surface area contributed by atoms with E-state index in [1.165, 1.54) is 12.1 Å². The number of piperidine rings is 1. The van der Waals surface area contributed by atoms with Gasteiger partial charge in [0.05, 0.1) is 6.54 Å². The Morgan fingerprint density at radius 1 is 1.03 bits per heavy atom. The van der Waals surface area contributed by atoms with E-state index in [1.54, 1.807) is 12.1 Å². The van der Waals surface area contributed by atoms with Crippen LogP contribution in [-0.4, -0.2) is 34.0 Å². The maximum Gasteiger partial charge on any atom is 0.241 e. The lowest BCUT2D eigenvalue weighted by Gasteiger charge is -2.30. The average Bonchev–Trinajstić information content (AvgIpc) is 3.41. The summed E-state index contributed by atoms with van der Waals surface area (Å²) in [6.45, 7) is 5.07. The molecule has 1 fully saturated rings. The normalized spacial score (nSPS) is 14.4. The van der Waals surface area contributed by atoms with Crippen LogP contribution in [0.3, 0.4) is 0 Å². The smallest absolute Gasteiger partial charge is 0.241 e. The third kappa shape index (κ3) is 6.63. The van der Waals surface area contributed by atoms with Gasteiger partial charge in [0.2, 0.25) is 17.6 Å². The summed E-state index contributed by atoms with van der Waals surface area (Å²) in [6.07, 6.45) is 1.58. The quantitative estimate of drug-likeness (QED) is 0.327. The molecular weight excluding hydrogens is 483 g/mol. The zero-order valence-electron chi connectivity index (χ0n) is 21.4. The molecule has 5 rings (SSSR count). The van der Waals surface area contributed by atoms with Crippen molar-refractivity contribution in [1.29, 1.82) is 0 Å². The molecule has 0 saturated carbocycles. The Hall–Kier alpha value is -4.04. The first kappa shape index (κ1) is 25.6. The molecule has 0 atom stereocenters. The van der Waals surface area contributed by atoms with Crippen LogP contribution in [0.1, 0.15) is 35.4 Å². The monoisotopic (exact) mass is 514 g/mol. The Kier molecular flexibility index (Phi) is 8.09. The predicted octanol–water partition coefficient (Wildman–Crippen LogP) is 5.29. The molecule has 2 heterocycles. The van der Waals surface area contributed by atoms with Crippen molar-refractivity contribution >= 4 is 5.91 Å². The Labute approximate surface area is 221 Å². The van der Waals surface area contributed by atoms with Crippen LogP contribution in [0.25, 0.3) is 11.4 Å². The number of nitrogens with zero attached hydrogens (tertiary/aromatic N) is 3. The molecule has 0 radical (unpaired) electrons. The molecule has 4 aromatic rings. The predicted molar refractivity (Wildman–Crippen MR) is 141 cm³/mol. The molecule has 0 spiro atoms. The highest BCUT2D eigenvalue weighted by Crippen LogP contribution is 2.23. The second-order valence-corrected chi connectivity index (χ2v) is 9.65. The number of amides is 1. The van der Waals surface area contributed by atoms with Gasteiger partial charge in [0.15, 0.2) is 0 Å². The zero-order chi connectivity index (χ0) is 26.3. The number of ether oxygens (including phenoxy) is 1. The second-order valence-electron chi connectivity index (χ2n) is 9.65. The van der Waals surface area contributed by atoms with Crippen molar-refractivity contribution in [2.24, 2.45) is 5.92 Å². The van der Waals surface area contributed by atoms with Crippen LogP contribution in [0.15, 0.2) is 77.3 Å². The molecule has 1 aromatic heterocycles. The number of benzene rings is 3. The van der Waals surface area contributed by atoms with E-state index in [0.29, 0.717) is 31.4 Å². The fraction of sp³-hybridized carbons (Fsp3) is 0.300. The molecule has 0 bridgehead atoms. The lowest BCUT2D eigenvalue weighted by atomic mass is 9.96. The molecule has 38 heavy (non-hydrogen) atoms. The van der Waals surface area contributed by atoms with Gasteiger partial charge in [0.1, 0.15) is 18.2 Å². The van der Waals surface area contributed by atoms with E-state index in [4.69, 9.17) is 9.26 Å². The summed E-state index contributed by atoms with van der Waals surface area (Å²) in [5.41, 5.74) is 3.99. The summed E-state index contributed by atoms with van der Waals surface area (Å²) < 4.78 is 24.3. The standard InChI is InChI=1S/C30H31FN4O3/c1-21-4-2-3-5-27(21)29-33-28(38-34-29)19-35-16-14-24(15-17-35)30(36)32-18-22-8-12-26(13-9-22)37-20-23-6-10-25(31)11-7-23/h2-13,24H,14-20H2,1H3,(H,32,36). The van der Waals surface area contributed by atoms with Gasteiger partial charge in [-0.2, -0.15) is 4.98 Å². The molecule has 0 aliphatic carbocycles. The maximum atomic E-state index is 13.0. The van der Waals surface area contributed by atoms with Gasteiger partial charge >= 0.3 is 0 Å². The molecule has 1 amide bonds. The minimum atomic E-state index is -0.262. The molecule has 8 heteroatoms. The van der Waals surface area contributed by atoms with Gasteiger partial charge in [-0.1, -0.05) is 53.7 Å². The molecular formula is C30H31FN4O3. The maximum absolute atomic E-state index is 13.0. The first-order chi connectivity index (χ1) is 18.5. The van der Waals surface area contributed by atoms with E-state index >= 15 is 0 Å². The van der Waals surface area contributed by atoms with E-state index < -0.39 is 0 Å². The van der Waals surface area contributed by atoms with Crippen LogP contribution in [0.2, 0.25) is 0 Å². The van der Waals surface area contributed by atoms with Gasteiger partial charge in [-0.05, 0) is 73.8 Å². The number of halogens is 1. The van der Waals surface area contributed by atoms with Crippen LogP contribution in [0.4, 0.5) is 4.39 Å². The Bertz CT molecular complexity index is 1350. The van der Waals surface area contributed by atoms with Gasteiger partial charge in [-0.15, -0.1) is 0 Å². The number of aromatic nitrogens is 2. The van der Waals surface area contributed by atoms with Crippen molar-refractivity contribution in [3.05, 3.63) is 101 Å². The Balaban J connectivity index is 1.03. The highest BCUT2D eigenvalue weighted by Gasteiger charge is 2.26. The van der Waals surface area contributed by atoms with Gasteiger partial charge in [0.25, 0.3) is 0 Å². The van der Waals surface area contributed by atoms with Gasteiger partial charge in [0, 0.05) is 18.0 Å². The minimum Gasteiger partial charge on any atom is -0.489 e. The second kappa shape index (κ2) is 12.0. The van der Waals surface area contributed by atoms with Gasteiger partial charge < -0.3 is 14.6 Å². The number of aryl methyl sites for hydroxylation is 1. The summed E-state index contributed by atoms with van der Waals surface area (Å²) in [4.78, 5) is 19.6. The molecule has 196 valence electrons. The molecule has 1 aliphatic rings. The van der Waals surface area contributed by atoms with Crippen LogP contribution >= 0.6 is 0 Å². The van der Waals surface area contributed by atoms with E-state index in [2.05, 4.69) is 20.4 Å². The van der Waals surface area contributed by atoms with E-state index in [9.17, 15) is 9.18 Å². The molecule has 0 unspecified atom stereocenters. The average molecular weight is 515 g/mol. The van der Waals surface area contributed by atoms with Crippen molar-refractivity contribution in [2.45, 2.75) is 39.5 Å². The third-order valence-corrected chi connectivity index (χ3v) is 6.88. The lowest BCUT2D eigenvalue weighted by Crippen LogP contribution is -2.40. The van der Waals surface area contributed by atoms with Gasteiger partial charge in [-0.25, -0.2) is 4.39 Å². The summed E-state index contributed by atoms with van der Waals surface area (Å²) >= 11 is 0. The molecule has 7 nitrogen and oxygen atoms in total. The number of carbonyl (C=O) groups excluding carboxylic acids is 1. The summed E-state index contributed by atoms with van der Waals surface area (Å²) in [7, 11) is 0. The number of nitrogens with one attached hydrogen (secondary N) is 1. The van der Waals surface area contributed by atoms with Crippen molar-refractivity contribution in [3.63, 3.8) is 0 Å². The lowest BCUT2D eigenvalue weighted by molar-refractivity contribution is -0.126. The number of hydrogen-bond acceptors (Lipinski definition) is 6. The van der Waals surface area contributed by atoms with E-state index in [-0.39, 0.29) is 17.6 Å². The number of hydrogen-bond donors (Lipinski definition) is 1. The van der Waals surface area contributed by atoms with E-state index in [1.807, 2.05) is 55.5 Å². The van der Waals surface area contributed by atoms with Crippen molar-refractivity contribution in [1.82, 2.24) is 20.4 Å². The van der Waals surface area contributed by atoms with Crippen molar-refractivity contribution in [2.75, 3.05) is 13.1 Å². The van der Waals surface area contributed by atoms with Crippen LogP contribution < -0.4 is 10.1 Å². The summed E-state index contributed by atoms with van der Waals surface area (Å²) in [5.74, 6) is 1.75. The van der Waals surface area contributed by atoms with Crippen LogP contribution in [0, 0.1) is 18.7 Å². The number of likely N-dealkylation sites (tertiary alicyclic amines) is 1. The van der Waals surface area contributed by atoms with E-state index in [0.717, 1.165) is 53.9 Å². The first-order valence-electron chi connectivity index (χ1n) is 12.9. The fourth-order valence-corrected chi connectivity index (χ4v) is 4.58. The highest BCUT2D eigenvalue weighted by atomic mass is 19.1.